The zero-order valence-corrected chi connectivity index (χ0v) is 12.0. The molecule has 0 spiro atoms. The van der Waals surface area contributed by atoms with Gasteiger partial charge >= 0.3 is 0 Å². The molecule has 0 unspecified atom stereocenters. The largest absolute Gasteiger partial charge is 0.398 e. The molecule has 1 aromatic carbocycles. The van der Waals surface area contributed by atoms with Crippen molar-refractivity contribution in [2.75, 3.05) is 17.2 Å². The van der Waals surface area contributed by atoms with Crippen LogP contribution in [0.3, 0.4) is 0 Å². The highest BCUT2D eigenvalue weighted by atomic mass is 15.3. The monoisotopic (exact) mass is 282 g/mol. The number of para-hydroxylation sites is 1. The van der Waals surface area contributed by atoms with Gasteiger partial charge in [0.15, 0.2) is 5.82 Å². The number of hydrogen-bond donors (Lipinski definition) is 1. The Morgan fingerprint density at radius 3 is 2.95 bits per heavy atom. The maximum atomic E-state index is 6.06. The smallest absolute Gasteiger partial charge is 0.203 e. The number of nitrogens with two attached hydrogens (primary N) is 1. The molecule has 2 N–H and O–H groups in total. The SMILES string of the molecule is CCCN(Cc1ccccc1N)c1nccn2cnnc12. The zero-order valence-electron chi connectivity index (χ0n) is 12.0. The molecule has 2 heterocycles. The van der Waals surface area contributed by atoms with Gasteiger partial charge in [0.1, 0.15) is 6.33 Å². The fourth-order valence-corrected chi connectivity index (χ4v) is 2.38. The van der Waals surface area contributed by atoms with Crippen LogP contribution in [-0.2, 0) is 6.54 Å². The third-order valence-corrected chi connectivity index (χ3v) is 3.41. The van der Waals surface area contributed by atoms with Gasteiger partial charge in [-0.05, 0) is 18.1 Å². The first-order valence-corrected chi connectivity index (χ1v) is 7.02. The Morgan fingerprint density at radius 2 is 2.14 bits per heavy atom. The fourth-order valence-electron chi connectivity index (χ4n) is 2.38. The van der Waals surface area contributed by atoms with E-state index in [-0.39, 0.29) is 0 Å². The van der Waals surface area contributed by atoms with Crippen molar-refractivity contribution in [2.45, 2.75) is 19.9 Å². The van der Waals surface area contributed by atoms with Crippen molar-refractivity contribution >= 4 is 17.2 Å². The minimum atomic E-state index is 0.708. The molecule has 0 aliphatic heterocycles. The molecule has 3 aromatic rings. The molecular formula is C15H18N6. The third-order valence-electron chi connectivity index (χ3n) is 3.41. The average Bonchev–Trinajstić information content (AvgIpc) is 2.97. The van der Waals surface area contributed by atoms with Crippen LogP contribution in [0.4, 0.5) is 11.5 Å². The molecule has 0 radical (unpaired) electrons. The Labute approximate surface area is 123 Å². The highest BCUT2D eigenvalue weighted by Crippen LogP contribution is 2.21. The van der Waals surface area contributed by atoms with E-state index in [9.17, 15) is 0 Å². The van der Waals surface area contributed by atoms with Crippen LogP contribution in [0.5, 0.6) is 0 Å². The number of nitrogens with zero attached hydrogens (tertiary/aromatic N) is 5. The van der Waals surface area contributed by atoms with E-state index in [0.717, 1.165) is 35.7 Å². The van der Waals surface area contributed by atoms with E-state index in [1.54, 1.807) is 12.5 Å². The van der Waals surface area contributed by atoms with Crippen LogP contribution in [-0.4, -0.2) is 26.1 Å². The summed E-state index contributed by atoms with van der Waals surface area (Å²) in [4.78, 5) is 6.68. The molecule has 0 aliphatic carbocycles. The lowest BCUT2D eigenvalue weighted by molar-refractivity contribution is 0.755. The summed E-state index contributed by atoms with van der Waals surface area (Å²) in [6, 6.07) is 7.91. The highest BCUT2D eigenvalue weighted by Gasteiger charge is 2.14. The second-order valence-corrected chi connectivity index (χ2v) is 4.93. The van der Waals surface area contributed by atoms with Crippen molar-refractivity contribution < 1.29 is 0 Å². The molecule has 0 bridgehead atoms. The van der Waals surface area contributed by atoms with Gasteiger partial charge in [-0.3, -0.25) is 4.40 Å². The van der Waals surface area contributed by atoms with Crippen LogP contribution in [0.1, 0.15) is 18.9 Å². The first kappa shape index (κ1) is 13.4. The van der Waals surface area contributed by atoms with Crippen molar-refractivity contribution in [3.8, 4) is 0 Å². The van der Waals surface area contributed by atoms with Crippen molar-refractivity contribution in [2.24, 2.45) is 0 Å². The van der Waals surface area contributed by atoms with Crippen molar-refractivity contribution in [3.63, 3.8) is 0 Å². The Morgan fingerprint density at radius 1 is 1.29 bits per heavy atom. The summed E-state index contributed by atoms with van der Waals surface area (Å²) in [6.45, 7) is 3.74. The first-order chi connectivity index (χ1) is 10.3. The Bertz CT molecular complexity index is 736. The Hall–Kier alpha value is -2.63. The summed E-state index contributed by atoms with van der Waals surface area (Å²) in [5, 5.41) is 8.11. The van der Waals surface area contributed by atoms with Crippen molar-refractivity contribution in [3.05, 3.63) is 48.5 Å². The second-order valence-electron chi connectivity index (χ2n) is 4.93. The molecule has 0 saturated carbocycles. The van der Waals surface area contributed by atoms with Gasteiger partial charge in [-0.15, -0.1) is 10.2 Å². The van der Waals surface area contributed by atoms with Gasteiger partial charge in [0.2, 0.25) is 5.65 Å². The lowest BCUT2D eigenvalue weighted by atomic mass is 10.1. The summed E-state index contributed by atoms with van der Waals surface area (Å²) in [5.41, 5.74) is 8.71. The maximum absolute atomic E-state index is 6.06. The minimum Gasteiger partial charge on any atom is -0.398 e. The predicted octanol–water partition coefficient (Wildman–Crippen LogP) is 2.12. The topological polar surface area (TPSA) is 72.3 Å². The van der Waals surface area contributed by atoms with Gasteiger partial charge in [-0.25, -0.2) is 4.98 Å². The van der Waals surface area contributed by atoms with Gasteiger partial charge in [-0.1, -0.05) is 25.1 Å². The van der Waals surface area contributed by atoms with Gasteiger partial charge in [0, 0.05) is 31.2 Å². The van der Waals surface area contributed by atoms with Crippen LogP contribution < -0.4 is 10.6 Å². The second kappa shape index (κ2) is 5.78. The summed E-state index contributed by atoms with van der Waals surface area (Å²) in [5.74, 6) is 0.833. The van der Waals surface area contributed by atoms with Gasteiger partial charge in [-0.2, -0.15) is 0 Å². The number of fused-ring (bicyclic) bond motifs is 1. The van der Waals surface area contributed by atoms with E-state index in [2.05, 4.69) is 27.0 Å². The molecule has 2 aromatic heterocycles. The fraction of sp³-hybridized carbons (Fsp3) is 0.267. The lowest BCUT2D eigenvalue weighted by Crippen LogP contribution is -2.25. The minimum absolute atomic E-state index is 0.708. The zero-order chi connectivity index (χ0) is 14.7. The summed E-state index contributed by atoms with van der Waals surface area (Å²) in [7, 11) is 0. The standard InChI is InChI=1S/C15H18N6/c1-2-8-20(10-12-5-3-4-6-13(12)16)14-15-19-18-11-21(15)9-7-17-14/h3-7,9,11H,2,8,10,16H2,1H3. The van der Waals surface area contributed by atoms with E-state index in [4.69, 9.17) is 5.73 Å². The van der Waals surface area contributed by atoms with Gasteiger partial charge in [0.25, 0.3) is 0 Å². The molecule has 0 fully saturated rings. The number of anilines is 2. The summed E-state index contributed by atoms with van der Waals surface area (Å²) < 4.78 is 1.87. The van der Waals surface area contributed by atoms with Gasteiger partial charge < -0.3 is 10.6 Å². The van der Waals surface area contributed by atoms with E-state index < -0.39 is 0 Å². The summed E-state index contributed by atoms with van der Waals surface area (Å²) in [6.07, 6.45) is 6.31. The average molecular weight is 282 g/mol. The number of aromatic nitrogens is 4. The first-order valence-electron chi connectivity index (χ1n) is 7.02. The van der Waals surface area contributed by atoms with Crippen molar-refractivity contribution in [1.82, 2.24) is 19.6 Å². The van der Waals surface area contributed by atoms with Crippen LogP contribution in [0.15, 0.2) is 43.0 Å². The van der Waals surface area contributed by atoms with Crippen molar-refractivity contribution in [1.29, 1.82) is 0 Å². The molecule has 21 heavy (non-hydrogen) atoms. The third kappa shape index (κ3) is 2.65. The normalized spacial score (nSPS) is 10.9. The molecular weight excluding hydrogens is 264 g/mol. The van der Waals surface area contributed by atoms with E-state index in [0.29, 0.717) is 6.54 Å². The quantitative estimate of drug-likeness (QED) is 0.726. The molecule has 6 heteroatoms. The predicted molar refractivity (Wildman–Crippen MR) is 83.0 cm³/mol. The molecule has 0 amide bonds. The highest BCUT2D eigenvalue weighted by molar-refractivity contribution is 5.64. The van der Waals surface area contributed by atoms with Crippen LogP contribution >= 0.6 is 0 Å². The number of benzene rings is 1. The van der Waals surface area contributed by atoms with Crippen LogP contribution in [0, 0.1) is 0 Å². The summed E-state index contributed by atoms with van der Waals surface area (Å²) >= 11 is 0. The number of nitrogen functional groups attached to an aromatic ring is 1. The molecule has 0 saturated heterocycles. The maximum Gasteiger partial charge on any atom is 0.203 e. The molecule has 108 valence electrons. The van der Waals surface area contributed by atoms with Crippen LogP contribution in [0.25, 0.3) is 5.65 Å². The Kier molecular flexibility index (Phi) is 3.68. The van der Waals surface area contributed by atoms with E-state index in [1.165, 1.54) is 0 Å². The number of hydrogen-bond acceptors (Lipinski definition) is 5. The molecule has 0 aliphatic rings. The van der Waals surface area contributed by atoms with Gasteiger partial charge in [0.05, 0.1) is 0 Å². The molecule has 6 nitrogen and oxygen atoms in total. The van der Waals surface area contributed by atoms with E-state index >= 15 is 0 Å². The van der Waals surface area contributed by atoms with Crippen LogP contribution in [0.2, 0.25) is 0 Å². The van der Waals surface area contributed by atoms with E-state index in [1.807, 2.05) is 34.9 Å². The molecule has 0 atom stereocenters. The molecule has 3 rings (SSSR count). The number of rotatable bonds is 5. The lowest BCUT2D eigenvalue weighted by Gasteiger charge is -2.24. The Balaban J connectivity index is 1.98.